The molecule has 3 aromatic rings. The number of amides is 1. The van der Waals surface area contributed by atoms with Gasteiger partial charge in [0.15, 0.2) is 5.82 Å². The fourth-order valence-corrected chi connectivity index (χ4v) is 2.32. The van der Waals surface area contributed by atoms with E-state index in [1.165, 1.54) is 11.1 Å². The summed E-state index contributed by atoms with van der Waals surface area (Å²) in [6.07, 6.45) is 5.14. The molecule has 1 amide bonds. The molecule has 23 heavy (non-hydrogen) atoms. The van der Waals surface area contributed by atoms with Crippen LogP contribution >= 0.6 is 0 Å². The fourth-order valence-electron chi connectivity index (χ4n) is 2.32. The van der Waals surface area contributed by atoms with Crippen LogP contribution < -0.4 is 5.32 Å². The summed E-state index contributed by atoms with van der Waals surface area (Å²) in [5.74, 6) is 0.332. The zero-order valence-electron chi connectivity index (χ0n) is 13.2. The molecular formula is C17H19N5O. The lowest BCUT2D eigenvalue weighted by molar-refractivity contribution is 0.102. The number of aryl methyl sites for hydroxylation is 2. The highest BCUT2D eigenvalue weighted by atomic mass is 16.1. The zero-order valence-corrected chi connectivity index (χ0v) is 13.2. The normalized spacial score (nSPS) is 10.7. The highest BCUT2D eigenvalue weighted by Crippen LogP contribution is 2.11. The molecule has 0 spiro atoms. The van der Waals surface area contributed by atoms with E-state index >= 15 is 0 Å². The SMILES string of the molecule is CCn1cc(C(=O)Nc2ccn(Cc3ccccc3C)n2)cn1. The van der Waals surface area contributed by atoms with Gasteiger partial charge >= 0.3 is 0 Å². The van der Waals surface area contributed by atoms with Crippen molar-refractivity contribution in [3.8, 4) is 0 Å². The van der Waals surface area contributed by atoms with Crippen LogP contribution in [0.3, 0.4) is 0 Å². The van der Waals surface area contributed by atoms with Crippen molar-refractivity contribution in [2.24, 2.45) is 0 Å². The van der Waals surface area contributed by atoms with E-state index in [4.69, 9.17) is 0 Å². The minimum atomic E-state index is -0.203. The van der Waals surface area contributed by atoms with E-state index in [9.17, 15) is 4.79 Å². The molecule has 0 unspecified atom stereocenters. The molecule has 0 bridgehead atoms. The van der Waals surface area contributed by atoms with Gasteiger partial charge in [0.25, 0.3) is 5.91 Å². The molecule has 0 aliphatic carbocycles. The molecule has 2 aromatic heterocycles. The predicted octanol–water partition coefficient (Wildman–Crippen LogP) is 2.71. The Morgan fingerprint density at radius 2 is 2.04 bits per heavy atom. The van der Waals surface area contributed by atoms with Gasteiger partial charge < -0.3 is 5.32 Å². The van der Waals surface area contributed by atoms with Gasteiger partial charge in [-0.15, -0.1) is 0 Å². The second kappa shape index (κ2) is 6.48. The maximum atomic E-state index is 12.2. The molecule has 0 saturated heterocycles. The van der Waals surface area contributed by atoms with E-state index in [0.717, 1.165) is 6.54 Å². The van der Waals surface area contributed by atoms with E-state index in [1.54, 1.807) is 23.1 Å². The third-order valence-electron chi connectivity index (χ3n) is 3.70. The van der Waals surface area contributed by atoms with Crippen LogP contribution in [0.2, 0.25) is 0 Å². The summed E-state index contributed by atoms with van der Waals surface area (Å²) in [4.78, 5) is 12.2. The first kappa shape index (κ1) is 15.0. The highest BCUT2D eigenvalue weighted by Gasteiger charge is 2.10. The van der Waals surface area contributed by atoms with E-state index < -0.39 is 0 Å². The molecule has 0 radical (unpaired) electrons. The van der Waals surface area contributed by atoms with Gasteiger partial charge in [-0.05, 0) is 25.0 Å². The van der Waals surface area contributed by atoms with Crippen molar-refractivity contribution in [2.45, 2.75) is 26.9 Å². The number of anilines is 1. The number of nitrogens with zero attached hydrogens (tertiary/aromatic N) is 4. The Morgan fingerprint density at radius 3 is 2.78 bits per heavy atom. The maximum Gasteiger partial charge on any atom is 0.260 e. The molecular weight excluding hydrogens is 290 g/mol. The van der Waals surface area contributed by atoms with Crippen molar-refractivity contribution in [3.63, 3.8) is 0 Å². The van der Waals surface area contributed by atoms with Crippen molar-refractivity contribution < 1.29 is 4.79 Å². The predicted molar refractivity (Wildman–Crippen MR) is 88.4 cm³/mol. The molecule has 6 heteroatoms. The topological polar surface area (TPSA) is 64.7 Å². The van der Waals surface area contributed by atoms with Crippen molar-refractivity contribution in [3.05, 3.63) is 65.6 Å². The molecule has 0 fully saturated rings. The number of hydrogen-bond donors (Lipinski definition) is 1. The molecule has 0 aliphatic rings. The minimum absolute atomic E-state index is 0.203. The highest BCUT2D eigenvalue weighted by molar-refractivity contribution is 6.03. The summed E-state index contributed by atoms with van der Waals surface area (Å²) in [6, 6.07) is 9.98. The third-order valence-corrected chi connectivity index (χ3v) is 3.70. The number of aromatic nitrogens is 4. The molecule has 0 atom stereocenters. The minimum Gasteiger partial charge on any atom is -0.305 e. The lowest BCUT2D eigenvalue weighted by atomic mass is 10.1. The van der Waals surface area contributed by atoms with Gasteiger partial charge in [-0.3, -0.25) is 14.2 Å². The Hall–Kier alpha value is -2.89. The summed E-state index contributed by atoms with van der Waals surface area (Å²) in [7, 11) is 0. The summed E-state index contributed by atoms with van der Waals surface area (Å²) >= 11 is 0. The van der Waals surface area contributed by atoms with Crippen molar-refractivity contribution >= 4 is 11.7 Å². The summed E-state index contributed by atoms with van der Waals surface area (Å²) in [6.45, 7) is 5.46. The maximum absolute atomic E-state index is 12.2. The van der Waals surface area contributed by atoms with Crippen molar-refractivity contribution in [1.82, 2.24) is 19.6 Å². The number of nitrogens with one attached hydrogen (secondary N) is 1. The monoisotopic (exact) mass is 309 g/mol. The van der Waals surface area contributed by atoms with E-state index in [1.807, 2.05) is 29.9 Å². The van der Waals surface area contributed by atoms with Gasteiger partial charge in [-0.1, -0.05) is 24.3 Å². The number of hydrogen-bond acceptors (Lipinski definition) is 3. The van der Waals surface area contributed by atoms with Gasteiger partial charge in [0, 0.05) is 25.0 Å². The standard InChI is InChI=1S/C17H19N5O/c1-3-21-12-15(10-18-21)17(23)19-16-8-9-22(20-16)11-14-7-5-4-6-13(14)2/h4-10,12H,3,11H2,1-2H3,(H,19,20,23). The number of rotatable bonds is 5. The molecule has 1 N–H and O–H groups in total. The third kappa shape index (κ3) is 3.48. The van der Waals surface area contributed by atoms with E-state index in [-0.39, 0.29) is 5.91 Å². The second-order valence-electron chi connectivity index (χ2n) is 5.36. The van der Waals surface area contributed by atoms with Crippen LogP contribution in [0.15, 0.2) is 48.9 Å². The Labute approximate surface area is 134 Å². The average Bonchev–Trinajstić information content (AvgIpc) is 3.19. The first-order valence-electron chi connectivity index (χ1n) is 7.57. The summed E-state index contributed by atoms with van der Waals surface area (Å²) < 4.78 is 3.53. The van der Waals surface area contributed by atoms with Crippen molar-refractivity contribution in [2.75, 3.05) is 5.32 Å². The first-order chi connectivity index (χ1) is 11.2. The van der Waals surface area contributed by atoms with Gasteiger partial charge in [0.2, 0.25) is 0 Å². The lowest BCUT2D eigenvalue weighted by Crippen LogP contribution is -2.12. The Bertz CT molecular complexity index is 818. The Morgan fingerprint density at radius 1 is 1.22 bits per heavy atom. The van der Waals surface area contributed by atoms with Crippen LogP contribution in [0.4, 0.5) is 5.82 Å². The molecule has 2 heterocycles. The van der Waals surface area contributed by atoms with Crippen LogP contribution in [-0.2, 0) is 13.1 Å². The van der Waals surface area contributed by atoms with Crippen LogP contribution in [0.1, 0.15) is 28.4 Å². The smallest absolute Gasteiger partial charge is 0.260 e. The zero-order chi connectivity index (χ0) is 16.2. The second-order valence-corrected chi connectivity index (χ2v) is 5.36. The average molecular weight is 309 g/mol. The molecule has 3 rings (SSSR count). The summed E-state index contributed by atoms with van der Waals surface area (Å²) in [5, 5.41) is 11.3. The number of carbonyl (C=O) groups excluding carboxylic acids is 1. The largest absolute Gasteiger partial charge is 0.305 e. The van der Waals surface area contributed by atoms with E-state index in [0.29, 0.717) is 17.9 Å². The Balaban J connectivity index is 1.67. The molecule has 0 saturated carbocycles. The Kier molecular flexibility index (Phi) is 4.23. The quantitative estimate of drug-likeness (QED) is 0.788. The molecule has 0 aliphatic heterocycles. The fraction of sp³-hybridized carbons (Fsp3) is 0.235. The number of benzene rings is 1. The van der Waals surface area contributed by atoms with E-state index in [2.05, 4.69) is 34.6 Å². The first-order valence-corrected chi connectivity index (χ1v) is 7.57. The molecule has 118 valence electrons. The van der Waals surface area contributed by atoms with Crippen LogP contribution in [0.25, 0.3) is 0 Å². The van der Waals surface area contributed by atoms with Gasteiger partial charge in [0.1, 0.15) is 0 Å². The molecule has 1 aromatic carbocycles. The van der Waals surface area contributed by atoms with Gasteiger partial charge in [-0.2, -0.15) is 10.2 Å². The molecule has 6 nitrogen and oxygen atoms in total. The number of carbonyl (C=O) groups is 1. The van der Waals surface area contributed by atoms with Crippen LogP contribution in [0, 0.1) is 6.92 Å². The summed E-state index contributed by atoms with van der Waals surface area (Å²) in [5.41, 5.74) is 2.96. The van der Waals surface area contributed by atoms with Crippen LogP contribution in [-0.4, -0.2) is 25.5 Å². The lowest BCUT2D eigenvalue weighted by Gasteiger charge is -2.05. The van der Waals surface area contributed by atoms with Gasteiger partial charge in [0.05, 0.1) is 18.3 Å². The van der Waals surface area contributed by atoms with Gasteiger partial charge in [-0.25, -0.2) is 0 Å². The van der Waals surface area contributed by atoms with Crippen LogP contribution in [0.5, 0.6) is 0 Å². The van der Waals surface area contributed by atoms with Crippen molar-refractivity contribution in [1.29, 1.82) is 0 Å².